The molecule has 0 fully saturated rings. The first-order valence-electron chi connectivity index (χ1n) is 1.54. The van der Waals surface area contributed by atoms with Gasteiger partial charge < -0.3 is 9.90 Å². The second-order valence-corrected chi connectivity index (χ2v) is 2.88. The van der Waals surface area contributed by atoms with Gasteiger partial charge in [-0.3, -0.25) is 0 Å². The average Bonchev–Trinajstić information content (AvgIpc) is 1.31. The number of halogens is 2. The van der Waals surface area contributed by atoms with Gasteiger partial charge in [-0.05, 0) is 6.92 Å². The molecule has 0 atom stereocenters. The third-order valence-electron chi connectivity index (χ3n) is 0.358. The van der Waals surface area contributed by atoms with Gasteiger partial charge in [-0.15, -0.1) is 0 Å². The van der Waals surface area contributed by atoms with E-state index in [2.05, 4.69) is 0 Å². The summed E-state index contributed by atoms with van der Waals surface area (Å²) < 4.78 is -1.75. The first-order valence-corrected chi connectivity index (χ1v) is 2.29. The fraction of sp³-hybridized carbons (Fsp3) is 0.667. The van der Waals surface area contributed by atoms with E-state index in [9.17, 15) is 9.90 Å². The van der Waals surface area contributed by atoms with E-state index in [1.165, 1.54) is 0 Å². The summed E-state index contributed by atoms with van der Waals surface area (Å²) in [7, 11) is 0. The number of carbonyl (C=O) groups excluding carboxylic acids is 1. The van der Waals surface area contributed by atoms with Crippen LogP contribution >= 0.6 is 23.2 Å². The van der Waals surface area contributed by atoms with Crippen LogP contribution in [0.2, 0.25) is 0 Å². The van der Waals surface area contributed by atoms with E-state index in [4.69, 9.17) is 23.2 Å². The molecule has 0 aromatic rings. The largest absolute Gasteiger partial charge is 1.00 e. The molecule has 0 spiro atoms. The van der Waals surface area contributed by atoms with Gasteiger partial charge in [0.05, 0.1) is 5.97 Å². The SMILES string of the molecule is [13CH3][13C](Cl)(Cl)[13C](=O)[O-].[Na+]. The van der Waals surface area contributed by atoms with E-state index >= 15 is 0 Å². The third kappa shape index (κ3) is 5.19. The van der Waals surface area contributed by atoms with E-state index in [0.717, 1.165) is 6.92 Å². The van der Waals surface area contributed by atoms with Gasteiger partial charge in [0.15, 0.2) is 4.33 Å². The van der Waals surface area contributed by atoms with Crippen molar-refractivity contribution in [2.24, 2.45) is 0 Å². The van der Waals surface area contributed by atoms with Crippen molar-refractivity contribution in [3.63, 3.8) is 0 Å². The van der Waals surface area contributed by atoms with Crippen molar-refractivity contribution in [2.75, 3.05) is 0 Å². The topological polar surface area (TPSA) is 40.1 Å². The Morgan fingerprint density at radius 2 is 1.75 bits per heavy atom. The van der Waals surface area contributed by atoms with E-state index in [-0.39, 0.29) is 29.6 Å². The fourth-order valence-electron chi connectivity index (χ4n) is 0. The molecule has 2 nitrogen and oxygen atoms in total. The predicted octanol–water partition coefficient (Wildman–Crippen LogP) is -3.07. The molecule has 0 amide bonds. The molecule has 0 saturated carbocycles. The standard InChI is InChI=1S/C3H4Cl2O2.Na/c1-3(4,5)2(6)7;/h1H3,(H,6,7);/q;+1/p-1/i1+1,2+1,3+1;. The molecule has 0 radical (unpaired) electrons. The van der Waals surface area contributed by atoms with Crippen molar-refractivity contribution in [2.45, 2.75) is 11.3 Å². The Bertz CT molecular complexity index is 87.8. The summed E-state index contributed by atoms with van der Waals surface area (Å²) in [5.41, 5.74) is 0. The number of aliphatic carboxylic acids is 1. The maximum atomic E-state index is 9.65. The summed E-state index contributed by atoms with van der Waals surface area (Å²) in [4.78, 5) is 9.65. The molecule has 0 rings (SSSR count). The van der Waals surface area contributed by atoms with Gasteiger partial charge in [0, 0.05) is 0 Å². The van der Waals surface area contributed by atoms with E-state index < -0.39 is 10.3 Å². The van der Waals surface area contributed by atoms with Crippen LogP contribution in [-0.4, -0.2) is 10.3 Å². The minimum absolute atomic E-state index is 0. The first-order chi connectivity index (χ1) is 2.94. The molecule has 0 N–H and O–H groups in total. The number of rotatable bonds is 1. The number of alkyl halides is 2. The van der Waals surface area contributed by atoms with E-state index in [0.29, 0.717) is 0 Å². The Labute approximate surface area is 79.4 Å². The minimum Gasteiger partial charge on any atom is -0.547 e. The summed E-state index contributed by atoms with van der Waals surface area (Å²) in [6.45, 7) is 1.13. The van der Waals surface area contributed by atoms with Gasteiger partial charge in [-0.25, -0.2) is 0 Å². The van der Waals surface area contributed by atoms with Gasteiger partial charge in [0.25, 0.3) is 0 Å². The Balaban J connectivity index is 0. The molecule has 42 valence electrons. The maximum Gasteiger partial charge on any atom is 1.00 e. The summed E-state index contributed by atoms with van der Waals surface area (Å²) in [5.74, 6) is -1.48. The summed E-state index contributed by atoms with van der Waals surface area (Å²) in [5, 5.41) is 9.65. The molecule has 0 aliphatic rings. The van der Waals surface area contributed by atoms with Gasteiger partial charge >= 0.3 is 29.6 Å². The number of hydrogen-bond acceptors (Lipinski definition) is 2. The van der Waals surface area contributed by atoms with E-state index in [1.807, 2.05) is 0 Å². The molecule has 0 aliphatic carbocycles. The Morgan fingerprint density at radius 1 is 1.62 bits per heavy atom. The predicted molar refractivity (Wildman–Crippen MR) is 25.1 cm³/mol. The second-order valence-electron chi connectivity index (χ2n) is 1.18. The number of carbonyl (C=O) groups is 1. The summed E-state index contributed by atoms with van der Waals surface area (Å²) >= 11 is 9.94. The van der Waals surface area contributed by atoms with Gasteiger partial charge in [0.1, 0.15) is 0 Å². The molecule has 0 aliphatic heterocycles. The van der Waals surface area contributed by atoms with Crippen LogP contribution in [0.1, 0.15) is 6.92 Å². The maximum absolute atomic E-state index is 9.65. The molecule has 0 unspecified atom stereocenters. The van der Waals surface area contributed by atoms with Crippen LogP contribution in [0.5, 0.6) is 0 Å². The van der Waals surface area contributed by atoms with E-state index in [1.54, 1.807) is 0 Å². The molecular weight excluding hydrogens is 165 g/mol. The fourth-order valence-corrected chi connectivity index (χ4v) is 0. The van der Waals surface area contributed by atoms with Crippen molar-refractivity contribution >= 4 is 29.2 Å². The average molecular weight is 168 g/mol. The van der Waals surface area contributed by atoms with Crippen LogP contribution in [0.3, 0.4) is 0 Å². The number of carboxylic acid groups (broad SMARTS) is 1. The van der Waals surface area contributed by atoms with Crippen LogP contribution in [0.25, 0.3) is 0 Å². The van der Waals surface area contributed by atoms with Crippen LogP contribution in [0, 0.1) is 0 Å². The number of hydrogen-bond donors (Lipinski definition) is 0. The van der Waals surface area contributed by atoms with Crippen LogP contribution in [0.4, 0.5) is 0 Å². The smallest absolute Gasteiger partial charge is 0.547 e. The molecule has 0 bridgehead atoms. The van der Waals surface area contributed by atoms with Gasteiger partial charge in [-0.1, -0.05) is 23.2 Å². The van der Waals surface area contributed by atoms with Crippen molar-refractivity contribution < 1.29 is 39.5 Å². The molecule has 0 saturated heterocycles. The Hall–Kier alpha value is 1.05. The van der Waals surface area contributed by atoms with Crippen LogP contribution in [-0.2, 0) is 4.79 Å². The van der Waals surface area contributed by atoms with Crippen molar-refractivity contribution in [1.29, 1.82) is 0 Å². The zero-order chi connectivity index (χ0) is 6.08. The second kappa shape index (κ2) is 3.96. The minimum atomic E-state index is -1.75. The Morgan fingerprint density at radius 3 is 1.75 bits per heavy atom. The molecule has 5 heteroatoms. The molecule has 0 aromatic heterocycles. The normalized spacial score (nSPS) is 9.88. The van der Waals surface area contributed by atoms with Crippen molar-refractivity contribution in [3.8, 4) is 0 Å². The summed E-state index contributed by atoms with van der Waals surface area (Å²) in [6.07, 6.45) is 0. The van der Waals surface area contributed by atoms with Crippen LogP contribution in [0.15, 0.2) is 0 Å². The van der Waals surface area contributed by atoms with Crippen molar-refractivity contribution in [1.82, 2.24) is 0 Å². The van der Waals surface area contributed by atoms with Gasteiger partial charge in [-0.2, -0.15) is 0 Å². The monoisotopic (exact) mass is 167 g/mol. The zero-order valence-corrected chi connectivity index (χ0v) is 8.08. The van der Waals surface area contributed by atoms with Gasteiger partial charge in [0.2, 0.25) is 0 Å². The quantitative estimate of drug-likeness (QED) is 0.237. The Kier molecular flexibility index (Phi) is 5.84. The number of carboxylic acids is 1. The first kappa shape index (κ1) is 11.8. The molecule has 8 heavy (non-hydrogen) atoms. The van der Waals surface area contributed by atoms with Crippen LogP contribution < -0.4 is 34.7 Å². The van der Waals surface area contributed by atoms with Crippen molar-refractivity contribution in [3.05, 3.63) is 0 Å². The summed E-state index contributed by atoms with van der Waals surface area (Å²) in [6, 6.07) is 0. The molecule has 0 aromatic carbocycles. The zero-order valence-electron chi connectivity index (χ0n) is 4.57. The molecule has 0 heterocycles. The third-order valence-corrected chi connectivity index (χ3v) is 0.667. The molecular formula is C3H3Cl2NaO2.